The minimum absolute atomic E-state index is 0.133. The number of aromatic hydroxyl groups is 1. The zero-order valence-electron chi connectivity index (χ0n) is 22.0. The monoisotopic (exact) mass is 495 g/mol. The second-order valence-electron chi connectivity index (χ2n) is 8.48. The number of unbranched alkanes of at least 4 members (excludes halogenated alkanes) is 1. The van der Waals surface area contributed by atoms with Crippen LogP contribution in [0.2, 0.25) is 5.02 Å². The van der Waals surface area contributed by atoms with Gasteiger partial charge in [0, 0.05) is 21.4 Å². The van der Waals surface area contributed by atoms with Crippen molar-refractivity contribution in [1.29, 1.82) is 0 Å². The normalized spacial score (nSPS) is 11.0. The van der Waals surface area contributed by atoms with Gasteiger partial charge in [-0.3, -0.25) is 4.79 Å². The van der Waals surface area contributed by atoms with Crippen LogP contribution in [-0.4, -0.2) is 25.0 Å². The molecule has 0 heterocycles. The largest absolute Gasteiger partial charge is 0.507 e. The van der Waals surface area contributed by atoms with Crippen molar-refractivity contribution < 1.29 is 9.90 Å². The van der Waals surface area contributed by atoms with E-state index in [1.807, 2.05) is 27.0 Å². The molecule has 2 N–H and O–H groups in total. The van der Waals surface area contributed by atoms with E-state index in [1.54, 1.807) is 30.3 Å². The fraction of sp³-hybridized carbons (Fsp3) is 0.387. The van der Waals surface area contributed by atoms with E-state index >= 15 is 0 Å². The number of hydrogen-bond donors (Lipinski definition) is 2. The molecule has 35 heavy (non-hydrogen) atoms. The third-order valence-corrected chi connectivity index (χ3v) is 6.29. The molecule has 0 bridgehead atoms. The summed E-state index contributed by atoms with van der Waals surface area (Å²) in [5.74, 6) is 0.936. The summed E-state index contributed by atoms with van der Waals surface area (Å²) in [5.41, 5.74) is 4.56. The topological polar surface area (TPSA) is 49.3 Å². The van der Waals surface area contributed by atoms with Gasteiger partial charge in [-0.25, -0.2) is 0 Å². The predicted octanol–water partition coefficient (Wildman–Crippen LogP) is 8.63. The Morgan fingerprint density at radius 3 is 2.46 bits per heavy atom. The van der Waals surface area contributed by atoms with Crippen LogP contribution < -0.4 is 5.32 Å². The second kappa shape index (κ2) is 16.9. The van der Waals surface area contributed by atoms with E-state index in [-0.39, 0.29) is 5.75 Å². The summed E-state index contributed by atoms with van der Waals surface area (Å²) in [6, 6.07) is 15.0. The molecule has 4 heteroatoms. The number of phenolic OH excluding ortho intramolecular Hbond substituents is 1. The van der Waals surface area contributed by atoms with Gasteiger partial charge in [0.25, 0.3) is 0 Å². The lowest BCUT2D eigenvalue weighted by Crippen LogP contribution is -2.09. The van der Waals surface area contributed by atoms with Crippen LogP contribution in [0.5, 0.6) is 5.75 Å². The molecule has 0 radical (unpaired) electrons. The Kier molecular flexibility index (Phi) is 14.7. The number of hydrogen-bond acceptors (Lipinski definition) is 3. The number of rotatable bonds is 10. The van der Waals surface area contributed by atoms with E-state index in [9.17, 15) is 9.90 Å². The molecule has 190 valence electrons. The molecule has 3 nitrogen and oxygen atoms in total. The number of aldehydes is 1. The highest BCUT2D eigenvalue weighted by Gasteiger charge is 2.10. The molecule has 1 unspecified atom stereocenters. The van der Waals surface area contributed by atoms with Crippen LogP contribution >= 0.6 is 11.6 Å². The molecule has 3 aromatic rings. The molecule has 0 saturated carbocycles. The minimum atomic E-state index is 0.133. The predicted molar refractivity (Wildman–Crippen MR) is 154 cm³/mol. The number of nitrogens with one attached hydrogen (secondary N) is 1. The summed E-state index contributed by atoms with van der Waals surface area (Å²) < 4.78 is 0. The van der Waals surface area contributed by atoms with Crippen molar-refractivity contribution in [3.8, 4) is 5.75 Å². The number of halogens is 1. The first-order valence-corrected chi connectivity index (χ1v) is 13.0. The molecule has 3 aromatic carbocycles. The van der Waals surface area contributed by atoms with Gasteiger partial charge in [-0.15, -0.1) is 0 Å². The van der Waals surface area contributed by atoms with E-state index in [0.29, 0.717) is 22.3 Å². The van der Waals surface area contributed by atoms with Crippen molar-refractivity contribution >= 4 is 34.7 Å². The molecule has 0 aromatic heterocycles. The summed E-state index contributed by atoms with van der Waals surface area (Å²) in [7, 11) is 2.03. The van der Waals surface area contributed by atoms with Crippen LogP contribution in [0.3, 0.4) is 0 Å². The van der Waals surface area contributed by atoms with Crippen molar-refractivity contribution in [2.45, 2.75) is 59.8 Å². The van der Waals surface area contributed by atoms with Crippen LogP contribution in [0.4, 0.5) is 0 Å². The minimum Gasteiger partial charge on any atom is -0.507 e. The maximum Gasteiger partial charge on any atom is 0.150 e. The van der Waals surface area contributed by atoms with E-state index in [4.69, 9.17) is 11.6 Å². The van der Waals surface area contributed by atoms with E-state index in [0.717, 1.165) is 17.8 Å². The molecule has 0 spiro atoms. The van der Waals surface area contributed by atoms with Crippen LogP contribution in [0.1, 0.15) is 73.5 Å². The molecule has 0 saturated heterocycles. The average molecular weight is 496 g/mol. The van der Waals surface area contributed by atoms with Gasteiger partial charge in [-0.05, 0) is 68.6 Å². The number of carbonyl (C=O) groups excluding carboxylic acids is 1. The fourth-order valence-electron chi connectivity index (χ4n) is 4.00. The highest BCUT2D eigenvalue weighted by molar-refractivity contribution is 6.36. The van der Waals surface area contributed by atoms with Gasteiger partial charge in [-0.2, -0.15) is 0 Å². The van der Waals surface area contributed by atoms with E-state index in [2.05, 4.69) is 43.9 Å². The summed E-state index contributed by atoms with van der Waals surface area (Å²) in [6.45, 7) is 13.5. The molecule has 0 aliphatic rings. The van der Waals surface area contributed by atoms with Crippen LogP contribution in [0, 0.1) is 12.8 Å². The number of aryl methyl sites for hydroxylation is 1. The Morgan fingerprint density at radius 1 is 1.09 bits per heavy atom. The van der Waals surface area contributed by atoms with Gasteiger partial charge in [-0.1, -0.05) is 100 Å². The van der Waals surface area contributed by atoms with Crippen molar-refractivity contribution in [3.05, 3.63) is 82.4 Å². The number of fused-ring (bicyclic) bond motifs is 1. The quantitative estimate of drug-likeness (QED) is 0.218. The zero-order valence-corrected chi connectivity index (χ0v) is 22.8. The van der Waals surface area contributed by atoms with Gasteiger partial charge in [0.05, 0.1) is 0 Å². The van der Waals surface area contributed by atoms with Crippen molar-refractivity contribution in [3.63, 3.8) is 0 Å². The average Bonchev–Trinajstić information content (AvgIpc) is 2.88. The highest BCUT2D eigenvalue weighted by atomic mass is 35.5. The first-order valence-electron chi connectivity index (χ1n) is 12.7. The lowest BCUT2D eigenvalue weighted by Gasteiger charge is -2.17. The lowest BCUT2D eigenvalue weighted by molar-refractivity contribution is 0.112. The van der Waals surface area contributed by atoms with Gasteiger partial charge in [0.2, 0.25) is 0 Å². The molecule has 0 fully saturated rings. The molecule has 3 rings (SSSR count). The Morgan fingerprint density at radius 2 is 1.83 bits per heavy atom. The summed E-state index contributed by atoms with van der Waals surface area (Å²) >= 11 is 5.94. The smallest absolute Gasteiger partial charge is 0.150 e. The van der Waals surface area contributed by atoms with Gasteiger partial charge < -0.3 is 10.4 Å². The Bertz CT molecular complexity index is 1060. The molecule has 1 atom stereocenters. The van der Waals surface area contributed by atoms with Gasteiger partial charge in [0.1, 0.15) is 12.0 Å². The first kappa shape index (κ1) is 30.4. The third kappa shape index (κ3) is 9.87. The molecule has 0 amide bonds. The van der Waals surface area contributed by atoms with Crippen molar-refractivity contribution in [1.82, 2.24) is 5.32 Å². The maximum atomic E-state index is 10.6. The maximum absolute atomic E-state index is 10.6. The molecular formula is C31H42ClNO2. The highest BCUT2D eigenvalue weighted by Crippen LogP contribution is 2.30. The van der Waals surface area contributed by atoms with Crippen LogP contribution in [0.15, 0.2) is 55.1 Å². The SMILES string of the molecule is C=Cc1cc(C)ccc1CC(CC)CCCCNC.CC.O=Cc1cc(Cl)c2cccc(O)c2c1. The first-order chi connectivity index (χ1) is 16.9. The van der Waals surface area contributed by atoms with Crippen LogP contribution in [-0.2, 0) is 6.42 Å². The van der Waals surface area contributed by atoms with Crippen molar-refractivity contribution in [2.75, 3.05) is 13.6 Å². The van der Waals surface area contributed by atoms with Gasteiger partial charge in [0.15, 0.2) is 0 Å². The number of benzene rings is 3. The molecule has 0 aliphatic carbocycles. The van der Waals surface area contributed by atoms with E-state index < -0.39 is 0 Å². The number of carbonyl (C=O) groups is 1. The number of phenols is 1. The lowest BCUT2D eigenvalue weighted by atomic mass is 9.89. The standard InChI is InChI=1S/C18H29N.C11H7ClO2.C2H6/c1-5-16(9-7-8-12-19-4)14-18-11-10-15(3)13-17(18)6-2;12-10-5-7(6-13)4-9-8(10)2-1-3-11(9)14;1-2/h6,10-11,13,16,19H,2,5,7-9,12,14H2,1,3-4H3;1-6,14H;1-2H3. The molecule has 0 aliphatic heterocycles. The summed E-state index contributed by atoms with van der Waals surface area (Å²) in [6.07, 6.45) is 9.11. The second-order valence-corrected chi connectivity index (χ2v) is 8.88. The summed E-state index contributed by atoms with van der Waals surface area (Å²) in [5, 5.41) is 14.6. The fourth-order valence-corrected chi connectivity index (χ4v) is 4.29. The third-order valence-electron chi connectivity index (χ3n) is 5.98. The van der Waals surface area contributed by atoms with Crippen LogP contribution in [0.25, 0.3) is 16.8 Å². The zero-order chi connectivity index (χ0) is 26.2. The molecular weight excluding hydrogens is 454 g/mol. The van der Waals surface area contributed by atoms with Gasteiger partial charge >= 0.3 is 0 Å². The Hall–Kier alpha value is -2.62. The summed E-state index contributed by atoms with van der Waals surface area (Å²) in [4.78, 5) is 10.6. The van der Waals surface area contributed by atoms with E-state index in [1.165, 1.54) is 48.8 Å². The Balaban J connectivity index is 0.000000338. The Labute approximate surface area is 217 Å². The van der Waals surface area contributed by atoms with Crippen molar-refractivity contribution in [2.24, 2.45) is 5.92 Å².